The molecule has 0 N–H and O–H groups in total. The zero-order chi connectivity index (χ0) is 18.1. The lowest BCUT2D eigenvalue weighted by Gasteiger charge is -2.35. The molecule has 0 heterocycles. The van der Waals surface area contributed by atoms with Crippen LogP contribution in [0.1, 0.15) is 26.3 Å². The van der Waals surface area contributed by atoms with E-state index in [1.165, 1.54) is 0 Å². The fraction of sp³-hybridized carbons (Fsp3) is 0.381. The Morgan fingerprint density at radius 3 is 1.84 bits per heavy atom. The molecule has 0 aromatic heterocycles. The molecule has 0 atom stereocenters. The molecule has 4 heteroatoms. The Hall–Kier alpha value is -2.33. The first kappa shape index (κ1) is 19.0. The molecule has 2 aromatic rings. The summed E-state index contributed by atoms with van der Waals surface area (Å²) in [4.78, 5) is 12.4. The lowest BCUT2D eigenvalue weighted by Crippen LogP contribution is -2.51. The van der Waals surface area contributed by atoms with Gasteiger partial charge in [-0.2, -0.15) is 10.2 Å². The quantitative estimate of drug-likeness (QED) is 0.464. The second kappa shape index (κ2) is 9.23. The van der Waals surface area contributed by atoms with Gasteiger partial charge in [-0.15, -0.1) is 0 Å². The number of nitrogens with zero attached hydrogens (tertiary/aromatic N) is 3. The summed E-state index contributed by atoms with van der Waals surface area (Å²) >= 11 is 0. The highest BCUT2D eigenvalue weighted by molar-refractivity contribution is 5.82. The fourth-order valence-electron chi connectivity index (χ4n) is 2.95. The van der Waals surface area contributed by atoms with Gasteiger partial charge in [0.25, 0.3) is 0 Å². The molecule has 0 fully saturated rings. The van der Waals surface area contributed by atoms with Gasteiger partial charge in [-0.25, -0.2) is 0 Å². The lowest BCUT2D eigenvalue weighted by molar-refractivity contribution is -0.915. The molecular weight excluding hydrogens is 310 g/mol. The van der Waals surface area contributed by atoms with Crippen molar-refractivity contribution in [1.29, 1.82) is 0 Å². The molecule has 2 aromatic carbocycles. The number of rotatable bonds is 9. The Balaban J connectivity index is 1.96. The summed E-state index contributed by atoms with van der Waals surface area (Å²) in [5, 5.41) is 8.44. The van der Waals surface area contributed by atoms with Crippen LogP contribution in [-0.4, -0.2) is 36.4 Å². The number of ketones is 1. The Kier molecular flexibility index (Phi) is 7.02. The van der Waals surface area contributed by atoms with Gasteiger partial charge in [-0.3, -0.25) is 4.79 Å². The van der Waals surface area contributed by atoms with Crippen molar-refractivity contribution in [2.75, 3.05) is 26.2 Å². The number of hydrogen-bond acceptors (Lipinski definition) is 3. The maximum Gasteiger partial charge on any atom is 0.191 e. The van der Waals surface area contributed by atoms with Crippen LogP contribution in [-0.2, 0) is 11.2 Å². The molecule has 0 saturated heterocycles. The summed E-state index contributed by atoms with van der Waals surface area (Å²) < 4.78 is 0.863. The van der Waals surface area contributed by atoms with Gasteiger partial charge >= 0.3 is 0 Å². The highest BCUT2D eigenvalue weighted by Crippen LogP contribution is 2.18. The van der Waals surface area contributed by atoms with E-state index in [1.54, 1.807) is 0 Å². The van der Waals surface area contributed by atoms with Gasteiger partial charge in [0.15, 0.2) is 5.78 Å². The summed E-state index contributed by atoms with van der Waals surface area (Å²) in [6.07, 6.45) is 0.482. The van der Waals surface area contributed by atoms with Gasteiger partial charge in [0.05, 0.1) is 31.0 Å². The van der Waals surface area contributed by atoms with E-state index in [0.29, 0.717) is 18.7 Å². The first-order chi connectivity index (χ1) is 12.1. The number of hydrogen-bond donors (Lipinski definition) is 0. The number of carbonyl (C=O) groups is 1. The molecule has 4 nitrogen and oxygen atoms in total. The Morgan fingerprint density at radius 1 is 0.800 bits per heavy atom. The molecule has 0 radical (unpaired) electrons. The molecule has 0 spiro atoms. The highest BCUT2D eigenvalue weighted by atomic mass is 16.1. The number of Topliss-reactive ketones (excluding diaryl/α,β-unsaturated/α-hetero) is 1. The average Bonchev–Trinajstić information content (AvgIpc) is 2.66. The lowest BCUT2D eigenvalue weighted by atomic mass is 10.1. The molecule has 2 rings (SSSR count). The van der Waals surface area contributed by atoms with Crippen LogP contribution in [0.25, 0.3) is 0 Å². The Labute approximate surface area is 150 Å². The van der Waals surface area contributed by atoms with E-state index in [0.717, 1.165) is 41.1 Å². The minimum absolute atomic E-state index is 0.296. The second-order valence-corrected chi connectivity index (χ2v) is 6.37. The maximum absolute atomic E-state index is 12.4. The third-order valence-electron chi connectivity index (χ3n) is 4.90. The minimum atomic E-state index is 0.296. The van der Waals surface area contributed by atoms with Crippen molar-refractivity contribution < 1.29 is 9.28 Å². The van der Waals surface area contributed by atoms with E-state index in [1.807, 2.05) is 54.6 Å². The van der Waals surface area contributed by atoms with Crippen molar-refractivity contribution in [1.82, 2.24) is 0 Å². The number of benzene rings is 2. The third-order valence-corrected chi connectivity index (χ3v) is 4.90. The monoisotopic (exact) mass is 338 g/mol. The Bertz CT molecular complexity index is 681. The van der Waals surface area contributed by atoms with Crippen LogP contribution in [0.2, 0.25) is 0 Å². The second-order valence-electron chi connectivity index (χ2n) is 6.37. The largest absolute Gasteiger partial charge is 0.318 e. The standard InChI is InChI=1S/C21H28N3O/c1-4-24(5-2,6-3)17-21(25)16-18-12-14-20(15-13-18)23-22-19-10-8-7-9-11-19/h7-15H,4-6,16-17H2,1-3H3/q+1. The molecule has 0 aliphatic carbocycles. The van der Waals surface area contributed by atoms with Gasteiger partial charge in [-0.1, -0.05) is 30.3 Å². The molecule has 25 heavy (non-hydrogen) atoms. The van der Waals surface area contributed by atoms with E-state index < -0.39 is 0 Å². The van der Waals surface area contributed by atoms with Crippen LogP contribution in [0.4, 0.5) is 11.4 Å². The van der Waals surface area contributed by atoms with Crippen molar-refractivity contribution in [3.8, 4) is 0 Å². The van der Waals surface area contributed by atoms with E-state index in [9.17, 15) is 4.79 Å². The van der Waals surface area contributed by atoms with Crippen molar-refractivity contribution in [2.24, 2.45) is 10.2 Å². The third kappa shape index (κ3) is 5.61. The van der Waals surface area contributed by atoms with Gasteiger partial charge in [0.1, 0.15) is 6.54 Å². The zero-order valence-corrected chi connectivity index (χ0v) is 15.5. The topological polar surface area (TPSA) is 41.8 Å². The maximum atomic E-state index is 12.4. The van der Waals surface area contributed by atoms with Gasteiger partial charge in [-0.05, 0) is 50.6 Å². The van der Waals surface area contributed by atoms with Gasteiger partial charge < -0.3 is 4.48 Å². The van der Waals surface area contributed by atoms with E-state index in [4.69, 9.17) is 0 Å². The smallest absolute Gasteiger partial charge is 0.191 e. The SMILES string of the molecule is CC[N+](CC)(CC)CC(=O)Cc1ccc(N=Nc2ccccc2)cc1. The van der Waals surface area contributed by atoms with Crippen LogP contribution in [0.3, 0.4) is 0 Å². The number of likely N-dealkylation sites (N-methyl/N-ethyl adjacent to an activating group) is 1. The van der Waals surface area contributed by atoms with Crippen LogP contribution in [0, 0.1) is 0 Å². The van der Waals surface area contributed by atoms with Crippen molar-refractivity contribution >= 4 is 17.2 Å². The predicted molar refractivity (Wildman–Crippen MR) is 103 cm³/mol. The van der Waals surface area contributed by atoms with Crippen LogP contribution >= 0.6 is 0 Å². The number of carbonyl (C=O) groups excluding carboxylic acids is 1. The number of quaternary nitrogens is 1. The fourth-order valence-corrected chi connectivity index (χ4v) is 2.95. The first-order valence-corrected chi connectivity index (χ1v) is 9.03. The predicted octanol–water partition coefficient (Wildman–Crippen LogP) is 5.09. The van der Waals surface area contributed by atoms with Crippen LogP contribution < -0.4 is 0 Å². The normalized spacial score (nSPS) is 11.8. The summed E-state index contributed by atoms with van der Waals surface area (Å²) in [7, 11) is 0. The van der Waals surface area contributed by atoms with Crippen molar-refractivity contribution in [2.45, 2.75) is 27.2 Å². The number of azo groups is 1. The van der Waals surface area contributed by atoms with E-state index in [2.05, 4.69) is 31.0 Å². The zero-order valence-electron chi connectivity index (χ0n) is 15.5. The molecule has 0 unspecified atom stereocenters. The van der Waals surface area contributed by atoms with Gasteiger partial charge in [0, 0.05) is 6.42 Å². The molecule has 0 aliphatic heterocycles. The van der Waals surface area contributed by atoms with Gasteiger partial charge in [0.2, 0.25) is 0 Å². The summed E-state index contributed by atoms with van der Waals surface area (Å²) in [5.41, 5.74) is 2.65. The molecule has 0 bridgehead atoms. The van der Waals surface area contributed by atoms with Crippen LogP contribution in [0.15, 0.2) is 64.8 Å². The molecular formula is C21H28N3O+. The van der Waals surface area contributed by atoms with E-state index >= 15 is 0 Å². The molecule has 0 aliphatic rings. The molecule has 132 valence electrons. The van der Waals surface area contributed by atoms with Crippen molar-refractivity contribution in [3.05, 3.63) is 60.2 Å². The first-order valence-electron chi connectivity index (χ1n) is 9.03. The summed E-state index contributed by atoms with van der Waals surface area (Å²) in [6.45, 7) is 10.1. The summed E-state index contributed by atoms with van der Waals surface area (Å²) in [6, 6.07) is 17.4. The Morgan fingerprint density at radius 2 is 1.32 bits per heavy atom. The van der Waals surface area contributed by atoms with Crippen molar-refractivity contribution in [3.63, 3.8) is 0 Å². The summed E-state index contributed by atoms with van der Waals surface area (Å²) in [5.74, 6) is 0.296. The highest BCUT2D eigenvalue weighted by Gasteiger charge is 2.24. The molecule has 0 amide bonds. The molecule has 0 saturated carbocycles. The van der Waals surface area contributed by atoms with Crippen LogP contribution in [0.5, 0.6) is 0 Å². The van der Waals surface area contributed by atoms with E-state index in [-0.39, 0.29) is 0 Å². The average molecular weight is 338 g/mol. The minimum Gasteiger partial charge on any atom is -0.318 e.